The lowest BCUT2D eigenvalue weighted by Crippen LogP contribution is -2.10. The summed E-state index contributed by atoms with van der Waals surface area (Å²) in [5, 5.41) is 2.76. The van der Waals surface area contributed by atoms with Gasteiger partial charge >= 0.3 is 0 Å². The van der Waals surface area contributed by atoms with Crippen molar-refractivity contribution in [3.8, 4) is 0 Å². The van der Waals surface area contributed by atoms with Crippen molar-refractivity contribution < 1.29 is 4.79 Å². The number of nitrogens with one attached hydrogen (secondary N) is 1. The molecule has 0 atom stereocenters. The monoisotopic (exact) mass is 314 g/mol. The van der Waals surface area contributed by atoms with E-state index in [1.54, 1.807) is 0 Å². The molecule has 0 spiro atoms. The van der Waals surface area contributed by atoms with Crippen LogP contribution in [0.3, 0.4) is 0 Å². The van der Waals surface area contributed by atoms with Crippen molar-refractivity contribution >= 4 is 28.7 Å². The van der Waals surface area contributed by atoms with E-state index in [0.29, 0.717) is 0 Å². The molecular formula is C21H18N2O. The van der Waals surface area contributed by atoms with Gasteiger partial charge in [0.1, 0.15) is 0 Å². The molecule has 0 aliphatic rings. The summed E-state index contributed by atoms with van der Waals surface area (Å²) in [4.78, 5) is 13.6. The van der Waals surface area contributed by atoms with Crippen LogP contribution in [0.1, 0.15) is 0 Å². The van der Waals surface area contributed by atoms with E-state index in [4.69, 9.17) is 0 Å². The highest BCUT2D eigenvalue weighted by Crippen LogP contribution is 2.34. The Morgan fingerprint density at radius 2 is 1.21 bits per heavy atom. The second-order valence-corrected chi connectivity index (χ2v) is 5.25. The molecule has 0 saturated carbocycles. The van der Waals surface area contributed by atoms with Gasteiger partial charge in [-0.1, -0.05) is 43.0 Å². The summed E-state index contributed by atoms with van der Waals surface area (Å²) >= 11 is 0. The first-order valence-electron chi connectivity index (χ1n) is 7.71. The van der Waals surface area contributed by atoms with Gasteiger partial charge in [0.05, 0.1) is 0 Å². The highest BCUT2D eigenvalue weighted by atomic mass is 16.1. The summed E-state index contributed by atoms with van der Waals surface area (Å²) in [5.41, 5.74) is 3.91. The Bertz CT molecular complexity index is 772. The molecule has 0 unspecified atom stereocenters. The van der Waals surface area contributed by atoms with E-state index in [2.05, 4.69) is 41.1 Å². The second kappa shape index (κ2) is 7.29. The smallest absolute Gasteiger partial charge is 0.247 e. The van der Waals surface area contributed by atoms with E-state index < -0.39 is 0 Å². The normalized spacial score (nSPS) is 10.0. The van der Waals surface area contributed by atoms with E-state index in [9.17, 15) is 4.79 Å². The van der Waals surface area contributed by atoms with E-state index in [1.807, 2.05) is 60.7 Å². The fourth-order valence-electron chi connectivity index (χ4n) is 2.49. The number of rotatable bonds is 5. The van der Waals surface area contributed by atoms with Crippen molar-refractivity contribution in [3.63, 3.8) is 0 Å². The molecule has 118 valence electrons. The summed E-state index contributed by atoms with van der Waals surface area (Å²) in [6, 6.07) is 28.1. The highest BCUT2D eigenvalue weighted by Gasteiger charge is 2.11. The lowest BCUT2D eigenvalue weighted by molar-refractivity contribution is -0.111. The third kappa shape index (κ3) is 3.52. The Kier molecular flexibility index (Phi) is 4.73. The van der Waals surface area contributed by atoms with Gasteiger partial charge in [-0.3, -0.25) is 4.79 Å². The fourth-order valence-corrected chi connectivity index (χ4v) is 2.49. The summed E-state index contributed by atoms with van der Waals surface area (Å²) in [6.07, 6.45) is 1.26. The first-order chi connectivity index (χ1) is 11.8. The Morgan fingerprint density at radius 1 is 0.750 bits per heavy atom. The van der Waals surface area contributed by atoms with Crippen molar-refractivity contribution in [2.24, 2.45) is 0 Å². The first kappa shape index (κ1) is 15.6. The van der Waals surface area contributed by atoms with Crippen LogP contribution in [0.4, 0.5) is 22.7 Å². The SMILES string of the molecule is C=CC(=O)Nc1ccc(N(c2ccccc2)c2ccccc2)cc1. The van der Waals surface area contributed by atoms with Crippen LogP contribution in [0.15, 0.2) is 97.6 Å². The minimum absolute atomic E-state index is 0.217. The third-order valence-corrected chi connectivity index (χ3v) is 3.61. The topological polar surface area (TPSA) is 32.3 Å². The number of nitrogens with zero attached hydrogens (tertiary/aromatic N) is 1. The van der Waals surface area contributed by atoms with Crippen LogP contribution < -0.4 is 10.2 Å². The van der Waals surface area contributed by atoms with Crippen molar-refractivity contribution in [2.75, 3.05) is 10.2 Å². The number of carbonyl (C=O) groups is 1. The van der Waals surface area contributed by atoms with Crippen molar-refractivity contribution in [3.05, 3.63) is 97.6 Å². The number of para-hydroxylation sites is 2. The van der Waals surface area contributed by atoms with Gasteiger partial charge in [-0.05, 0) is 54.6 Å². The molecule has 3 nitrogen and oxygen atoms in total. The van der Waals surface area contributed by atoms with Gasteiger partial charge < -0.3 is 10.2 Å². The molecule has 0 radical (unpaired) electrons. The number of anilines is 4. The van der Waals surface area contributed by atoms with Gasteiger partial charge in [-0.2, -0.15) is 0 Å². The molecule has 0 aliphatic carbocycles. The minimum Gasteiger partial charge on any atom is -0.323 e. The van der Waals surface area contributed by atoms with Gasteiger partial charge in [0.2, 0.25) is 5.91 Å². The van der Waals surface area contributed by atoms with Crippen LogP contribution in [0.5, 0.6) is 0 Å². The van der Waals surface area contributed by atoms with Crippen LogP contribution in [0, 0.1) is 0 Å². The molecule has 0 saturated heterocycles. The molecule has 3 aromatic carbocycles. The second-order valence-electron chi connectivity index (χ2n) is 5.25. The first-order valence-corrected chi connectivity index (χ1v) is 7.71. The molecule has 3 heteroatoms. The molecule has 1 amide bonds. The number of carbonyl (C=O) groups excluding carboxylic acids is 1. The van der Waals surface area contributed by atoms with Gasteiger partial charge in [-0.15, -0.1) is 0 Å². The molecule has 3 aromatic rings. The van der Waals surface area contributed by atoms with Crippen LogP contribution >= 0.6 is 0 Å². The van der Waals surface area contributed by atoms with E-state index in [0.717, 1.165) is 22.7 Å². The Labute approximate surface area is 141 Å². The van der Waals surface area contributed by atoms with Crippen molar-refractivity contribution in [1.29, 1.82) is 0 Å². The molecule has 0 fully saturated rings. The zero-order chi connectivity index (χ0) is 16.8. The lowest BCUT2D eigenvalue weighted by Gasteiger charge is -2.25. The summed E-state index contributed by atoms with van der Waals surface area (Å²) in [7, 11) is 0. The molecule has 0 bridgehead atoms. The maximum absolute atomic E-state index is 11.4. The molecule has 24 heavy (non-hydrogen) atoms. The van der Waals surface area contributed by atoms with Gasteiger partial charge in [0.15, 0.2) is 0 Å². The Morgan fingerprint density at radius 3 is 1.67 bits per heavy atom. The molecule has 3 rings (SSSR count). The summed E-state index contributed by atoms with van der Waals surface area (Å²) in [5.74, 6) is -0.217. The van der Waals surface area contributed by atoms with E-state index in [1.165, 1.54) is 6.08 Å². The average molecular weight is 314 g/mol. The summed E-state index contributed by atoms with van der Waals surface area (Å²) in [6.45, 7) is 3.46. The predicted molar refractivity (Wildman–Crippen MR) is 100.0 cm³/mol. The molecule has 0 aliphatic heterocycles. The number of hydrogen-bond acceptors (Lipinski definition) is 2. The van der Waals surface area contributed by atoms with Crippen molar-refractivity contribution in [1.82, 2.24) is 0 Å². The summed E-state index contributed by atoms with van der Waals surface area (Å²) < 4.78 is 0. The number of amides is 1. The van der Waals surface area contributed by atoms with E-state index in [-0.39, 0.29) is 5.91 Å². The van der Waals surface area contributed by atoms with E-state index >= 15 is 0 Å². The largest absolute Gasteiger partial charge is 0.323 e. The fraction of sp³-hybridized carbons (Fsp3) is 0. The van der Waals surface area contributed by atoms with Crippen molar-refractivity contribution in [2.45, 2.75) is 0 Å². The molecule has 0 aromatic heterocycles. The lowest BCUT2D eigenvalue weighted by atomic mass is 10.2. The van der Waals surface area contributed by atoms with Crippen LogP contribution in [0.2, 0.25) is 0 Å². The minimum atomic E-state index is -0.217. The van der Waals surface area contributed by atoms with Crippen LogP contribution in [0.25, 0.3) is 0 Å². The zero-order valence-corrected chi connectivity index (χ0v) is 13.2. The molecule has 0 heterocycles. The molecular weight excluding hydrogens is 296 g/mol. The zero-order valence-electron chi connectivity index (χ0n) is 13.2. The molecule has 1 N–H and O–H groups in total. The van der Waals surface area contributed by atoms with Gasteiger partial charge in [-0.25, -0.2) is 0 Å². The quantitative estimate of drug-likeness (QED) is 0.650. The number of benzene rings is 3. The maximum atomic E-state index is 11.4. The Hall–Kier alpha value is -3.33. The highest BCUT2D eigenvalue weighted by molar-refractivity contribution is 5.99. The third-order valence-electron chi connectivity index (χ3n) is 3.61. The average Bonchev–Trinajstić information content (AvgIpc) is 2.65. The Balaban J connectivity index is 1.97. The maximum Gasteiger partial charge on any atom is 0.247 e. The van der Waals surface area contributed by atoms with Crippen LogP contribution in [-0.4, -0.2) is 5.91 Å². The van der Waals surface area contributed by atoms with Crippen LogP contribution in [-0.2, 0) is 4.79 Å². The van der Waals surface area contributed by atoms with Gasteiger partial charge in [0.25, 0.3) is 0 Å². The number of hydrogen-bond donors (Lipinski definition) is 1. The predicted octanol–water partition coefficient (Wildman–Crippen LogP) is 5.28. The van der Waals surface area contributed by atoms with Gasteiger partial charge in [0, 0.05) is 22.7 Å². The standard InChI is InChI=1S/C21H18N2O/c1-2-21(24)22-17-13-15-20(16-14-17)23(18-9-5-3-6-10-18)19-11-7-4-8-12-19/h2-16H,1H2,(H,22,24).